The lowest BCUT2D eigenvalue weighted by molar-refractivity contribution is 0.102. The third-order valence-corrected chi connectivity index (χ3v) is 2.53. The van der Waals surface area contributed by atoms with Crippen LogP contribution in [0.4, 0.5) is 5.69 Å². The number of amides is 1. The third kappa shape index (κ3) is 3.06. The number of aliphatic hydroxyl groups excluding tert-OH is 1. The number of pyridine rings is 1. The molecule has 4 nitrogen and oxygen atoms in total. The summed E-state index contributed by atoms with van der Waals surface area (Å²) in [6, 6.07) is 11.8. The molecule has 1 heterocycles. The van der Waals surface area contributed by atoms with E-state index in [1.807, 2.05) is 0 Å². The summed E-state index contributed by atoms with van der Waals surface area (Å²) >= 11 is 5.72. The molecule has 2 N–H and O–H groups in total. The number of aromatic nitrogens is 1. The zero-order valence-electron chi connectivity index (χ0n) is 9.43. The number of carbonyl (C=O) groups is 1. The molecule has 0 saturated carbocycles. The summed E-state index contributed by atoms with van der Waals surface area (Å²) in [6.45, 7) is -0.0703. The van der Waals surface area contributed by atoms with Crippen LogP contribution < -0.4 is 5.32 Å². The largest absolute Gasteiger partial charge is 0.392 e. The molecule has 1 aromatic heterocycles. The van der Waals surface area contributed by atoms with Gasteiger partial charge in [0, 0.05) is 5.69 Å². The van der Waals surface area contributed by atoms with Gasteiger partial charge in [0.05, 0.1) is 6.61 Å². The number of rotatable bonds is 3. The van der Waals surface area contributed by atoms with Crippen LogP contribution in [0.1, 0.15) is 16.1 Å². The van der Waals surface area contributed by atoms with Gasteiger partial charge < -0.3 is 10.4 Å². The lowest BCUT2D eigenvalue weighted by atomic mass is 10.2. The van der Waals surface area contributed by atoms with E-state index in [1.54, 1.807) is 42.5 Å². The Morgan fingerprint density at radius 1 is 1.28 bits per heavy atom. The second-order valence-corrected chi connectivity index (χ2v) is 4.05. The molecule has 2 rings (SSSR count). The van der Waals surface area contributed by atoms with Gasteiger partial charge in [-0.3, -0.25) is 4.79 Å². The second-order valence-electron chi connectivity index (χ2n) is 3.66. The molecule has 0 aliphatic carbocycles. The Morgan fingerprint density at radius 2 is 2.06 bits per heavy atom. The lowest BCUT2D eigenvalue weighted by Gasteiger charge is -2.06. The van der Waals surface area contributed by atoms with Crippen molar-refractivity contribution in [1.29, 1.82) is 0 Å². The fourth-order valence-corrected chi connectivity index (χ4v) is 1.64. The Hall–Kier alpha value is -1.91. The highest BCUT2D eigenvalue weighted by Gasteiger charge is 2.08. The first-order valence-electron chi connectivity index (χ1n) is 5.33. The average molecular weight is 263 g/mol. The Kier molecular flexibility index (Phi) is 3.92. The van der Waals surface area contributed by atoms with Gasteiger partial charge in [0.15, 0.2) is 0 Å². The minimum atomic E-state index is -0.340. The number of hydrogen-bond acceptors (Lipinski definition) is 3. The Bertz CT molecular complexity index is 572. The number of benzene rings is 1. The van der Waals surface area contributed by atoms with E-state index < -0.39 is 0 Å². The first-order chi connectivity index (χ1) is 8.69. The first kappa shape index (κ1) is 12.5. The van der Waals surface area contributed by atoms with Gasteiger partial charge in [-0.1, -0.05) is 29.8 Å². The van der Waals surface area contributed by atoms with Gasteiger partial charge in [-0.15, -0.1) is 0 Å². The highest BCUT2D eigenvalue weighted by molar-refractivity contribution is 6.29. The van der Waals surface area contributed by atoms with Gasteiger partial charge in [0.2, 0.25) is 0 Å². The molecule has 2 aromatic rings. The van der Waals surface area contributed by atoms with Crippen molar-refractivity contribution in [3.63, 3.8) is 0 Å². The fourth-order valence-electron chi connectivity index (χ4n) is 1.48. The van der Waals surface area contributed by atoms with Crippen molar-refractivity contribution in [1.82, 2.24) is 4.98 Å². The summed E-state index contributed by atoms with van der Waals surface area (Å²) in [5.74, 6) is -0.340. The van der Waals surface area contributed by atoms with Crippen molar-refractivity contribution >= 4 is 23.2 Å². The second kappa shape index (κ2) is 5.62. The minimum absolute atomic E-state index is 0.0703. The summed E-state index contributed by atoms with van der Waals surface area (Å²) in [7, 11) is 0. The molecule has 0 unspecified atom stereocenters. The minimum Gasteiger partial charge on any atom is -0.392 e. The lowest BCUT2D eigenvalue weighted by Crippen LogP contribution is -2.13. The maximum absolute atomic E-state index is 11.9. The van der Waals surface area contributed by atoms with Crippen molar-refractivity contribution in [3.05, 3.63) is 58.9 Å². The predicted octanol–water partition coefficient (Wildman–Crippen LogP) is 2.48. The van der Waals surface area contributed by atoms with E-state index >= 15 is 0 Å². The molecule has 0 fully saturated rings. The molecule has 5 heteroatoms. The number of hydrogen-bond donors (Lipinski definition) is 2. The van der Waals surface area contributed by atoms with Crippen LogP contribution in [0, 0.1) is 0 Å². The van der Waals surface area contributed by atoms with E-state index in [2.05, 4.69) is 10.3 Å². The molecular weight excluding hydrogens is 252 g/mol. The van der Waals surface area contributed by atoms with E-state index in [9.17, 15) is 4.79 Å². The Labute approximate surface area is 109 Å². The summed E-state index contributed by atoms with van der Waals surface area (Å²) in [4.78, 5) is 15.8. The number of nitrogens with one attached hydrogen (secondary N) is 1. The smallest absolute Gasteiger partial charge is 0.274 e. The first-order valence-corrected chi connectivity index (χ1v) is 5.70. The van der Waals surface area contributed by atoms with Crippen molar-refractivity contribution in [2.45, 2.75) is 6.61 Å². The maximum Gasteiger partial charge on any atom is 0.274 e. The van der Waals surface area contributed by atoms with Gasteiger partial charge >= 0.3 is 0 Å². The molecule has 0 atom stereocenters. The molecule has 0 radical (unpaired) electrons. The SMILES string of the molecule is O=C(Nc1cccc(CO)c1)c1cccc(Cl)n1. The molecule has 0 bridgehead atoms. The van der Waals surface area contributed by atoms with Gasteiger partial charge in [-0.25, -0.2) is 4.98 Å². The van der Waals surface area contributed by atoms with Crippen LogP contribution in [-0.2, 0) is 6.61 Å². The van der Waals surface area contributed by atoms with Crippen LogP contribution in [0.3, 0.4) is 0 Å². The third-order valence-electron chi connectivity index (χ3n) is 2.32. The van der Waals surface area contributed by atoms with E-state index in [-0.39, 0.29) is 23.4 Å². The predicted molar refractivity (Wildman–Crippen MR) is 69.6 cm³/mol. The number of carbonyl (C=O) groups excluding carboxylic acids is 1. The van der Waals surface area contributed by atoms with Crippen LogP contribution in [-0.4, -0.2) is 16.0 Å². The van der Waals surface area contributed by atoms with E-state index in [0.717, 1.165) is 5.56 Å². The molecule has 0 aliphatic rings. The molecule has 1 aromatic carbocycles. The zero-order chi connectivity index (χ0) is 13.0. The van der Waals surface area contributed by atoms with Gasteiger partial charge in [-0.05, 0) is 29.8 Å². The molecule has 18 heavy (non-hydrogen) atoms. The van der Waals surface area contributed by atoms with Crippen molar-refractivity contribution < 1.29 is 9.90 Å². The monoisotopic (exact) mass is 262 g/mol. The van der Waals surface area contributed by atoms with Crippen LogP contribution >= 0.6 is 11.6 Å². The van der Waals surface area contributed by atoms with Crippen LogP contribution in [0.25, 0.3) is 0 Å². The van der Waals surface area contributed by atoms with Crippen LogP contribution in [0.15, 0.2) is 42.5 Å². The summed E-state index contributed by atoms with van der Waals surface area (Å²) in [5, 5.41) is 12.0. The highest BCUT2D eigenvalue weighted by Crippen LogP contribution is 2.12. The van der Waals surface area contributed by atoms with Crippen LogP contribution in [0.5, 0.6) is 0 Å². The van der Waals surface area contributed by atoms with Gasteiger partial charge in [0.25, 0.3) is 5.91 Å². The van der Waals surface area contributed by atoms with Gasteiger partial charge in [0.1, 0.15) is 10.8 Å². The molecule has 1 amide bonds. The summed E-state index contributed by atoms with van der Waals surface area (Å²) in [5.41, 5.74) is 1.58. The van der Waals surface area contributed by atoms with E-state index in [1.165, 1.54) is 0 Å². The summed E-state index contributed by atoms with van der Waals surface area (Å²) in [6.07, 6.45) is 0. The van der Waals surface area contributed by atoms with Crippen molar-refractivity contribution in [2.75, 3.05) is 5.32 Å². The van der Waals surface area contributed by atoms with E-state index in [4.69, 9.17) is 16.7 Å². The number of aliphatic hydroxyl groups is 1. The number of nitrogens with zero attached hydrogens (tertiary/aromatic N) is 1. The quantitative estimate of drug-likeness (QED) is 0.836. The zero-order valence-corrected chi connectivity index (χ0v) is 10.2. The van der Waals surface area contributed by atoms with E-state index in [0.29, 0.717) is 5.69 Å². The van der Waals surface area contributed by atoms with Crippen molar-refractivity contribution in [3.8, 4) is 0 Å². The standard InChI is InChI=1S/C13H11ClN2O2/c14-12-6-2-5-11(16-12)13(18)15-10-4-1-3-9(7-10)8-17/h1-7,17H,8H2,(H,15,18). The van der Waals surface area contributed by atoms with Crippen LogP contribution in [0.2, 0.25) is 5.15 Å². The fraction of sp³-hybridized carbons (Fsp3) is 0.0769. The molecule has 0 aliphatic heterocycles. The molecule has 0 spiro atoms. The summed E-state index contributed by atoms with van der Waals surface area (Å²) < 4.78 is 0. The Morgan fingerprint density at radius 3 is 2.78 bits per heavy atom. The number of anilines is 1. The highest BCUT2D eigenvalue weighted by atomic mass is 35.5. The maximum atomic E-state index is 11.9. The topological polar surface area (TPSA) is 62.2 Å². The molecule has 92 valence electrons. The average Bonchev–Trinajstić information content (AvgIpc) is 2.39. The Balaban J connectivity index is 2.16. The van der Waals surface area contributed by atoms with Gasteiger partial charge in [-0.2, -0.15) is 0 Å². The van der Waals surface area contributed by atoms with Crippen molar-refractivity contribution in [2.24, 2.45) is 0 Å². The number of halogens is 1. The normalized spacial score (nSPS) is 10.1. The molecule has 0 saturated heterocycles. The molecular formula is C13H11ClN2O2.